The highest BCUT2D eigenvalue weighted by molar-refractivity contribution is 6.24. The zero-order valence-electron chi connectivity index (χ0n) is 20.9. The van der Waals surface area contributed by atoms with Crippen LogP contribution in [0.4, 0.5) is 5.69 Å². The monoisotopic (exact) mass is 500 g/mol. The standard InChI is InChI=1S/C30H32N2O5/c1-19(33)22-13-15-23(16-14-22)32-27(34)25-24(17-12-20-8-4-2-5-9-20)31-30(29(36)37,26(25)28(32)35)18-21-10-6-3-7-11-21/h2,4-5,8-9,12-17,21,24-26,31H,3,6-7,10-11,18H2,1H3,(H,36,37)/b17-12+. The number of amides is 2. The van der Waals surface area contributed by atoms with E-state index in [9.17, 15) is 24.3 Å². The van der Waals surface area contributed by atoms with Crippen molar-refractivity contribution in [3.63, 3.8) is 0 Å². The van der Waals surface area contributed by atoms with E-state index in [2.05, 4.69) is 5.32 Å². The maximum Gasteiger partial charge on any atom is 0.324 e. The summed E-state index contributed by atoms with van der Waals surface area (Å²) in [6.07, 6.45) is 9.10. The number of anilines is 1. The molecule has 0 bridgehead atoms. The van der Waals surface area contributed by atoms with Crippen molar-refractivity contribution < 1.29 is 24.3 Å². The van der Waals surface area contributed by atoms with Crippen LogP contribution in [0.3, 0.4) is 0 Å². The molecule has 4 atom stereocenters. The average molecular weight is 501 g/mol. The van der Waals surface area contributed by atoms with E-state index >= 15 is 0 Å². The van der Waals surface area contributed by atoms with Crippen molar-refractivity contribution in [3.05, 3.63) is 71.8 Å². The van der Waals surface area contributed by atoms with Gasteiger partial charge in [-0.25, -0.2) is 4.90 Å². The SMILES string of the molecule is CC(=O)c1ccc(N2C(=O)C3C(/C=C/c4ccccc4)NC(CC4CCCCC4)(C(=O)O)C3C2=O)cc1. The minimum atomic E-state index is -1.53. The maximum absolute atomic E-state index is 13.9. The maximum atomic E-state index is 13.9. The van der Waals surface area contributed by atoms with Crippen molar-refractivity contribution in [1.29, 1.82) is 0 Å². The van der Waals surface area contributed by atoms with Crippen molar-refractivity contribution >= 4 is 35.3 Å². The predicted octanol–water partition coefficient (Wildman–Crippen LogP) is 4.47. The Kier molecular flexibility index (Phi) is 6.82. The van der Waals surface area contributed by atoms with Crippen molar-refractivity contribution in [3.8, 4) is 0 Å². The molecule has 3 fully saturated rings. The minimum absolute atomic E-state index is 0.116. The summed E-state index contributed by atoms with van der Waals surface area (Å²) in [7, 11) is 0. The molecule has 7 nitrogen and oxygen atoms in total. The van der Waals surface area contributed by atoms with E-state index in [4.69, 9.17) is 0 Å². The molecule has 37 heavy (non-hydrogen) atoms. The zero-order chi connectivity index (χ0) is 26.2. The number of hydrogen-bond donors (Lipinski definition) is 2. The van der Waals surface area contributed by atoms with Gasteiger partial charge in [-0.15, -0.1) is 0 Å². The van der Waals surface area contributed by atoms with Gasteiger partial charge in [-0.3, -0.25) is 24.5 Å². The summed E-state index contributed by atoms with van der Waals surface area (Å²) in [6, 6.07) is 15.3. The quantitative estimate of drug-likeness (QED) is 0.429. The second-order valence-corrected chi connectivity index (χ2v) is 10.5. The van der Waals surface area contributed by atoms with Gasteiger partial charge in [-0.2, -0.15) is 0 Å². The van der Waals surface area contributed by atoms with Crippen LogP contribution >= 0.6 is 0 Å². The normalized spacial score (nSPS) is 28.1. The van der Waals surface area contributed by atoms with E-state index in [0.29, 0.717) is 17.7 Å². The van der Waals surface area contributed by atoms with Crippen LogP contribution in [0.2, 0.25) is 0 Å². The molecule has 4 unspecified atom stereocenters. The van der Waals surface area contributed by atoms with Gasteiger partial charge in [0.1, 0.15) is 5.54 Å². The van der Waals surface area contributed by atoms with Crippen molar-refractivity contribution in [2.45, 2.75) is 57.0 Å². The van der Waals surface area contributed by atoms with Crippen LogP contribution in [0, 0.1) is 17.8 Å². The summed E-state index contributed by atoms with van der Waals surface area (Å²) >= 11 is 0. The third-order valence-corrected chi connectivity index (χ3v) is 8.24. The van der Waals surface area contributed by atoms with Gasteiger partial charge < -0.3 is 5.11 Å². The van der Waals surface area contributed by atoms with E-state index in [1.807, 2.05) is 42.5 Å². The molecular weight excluding hydrogens is 468 g/mol. The first-order chi connectivity index (χ1) is 17.8. The molecule has 7 heteroatoms. The molecule has 2 heterocycles. The fourth-order valence-corrected chi connectivity index (χ4v) is 6.41. The molecular formula is C30H32N2O5. The van der Waals surface area contributed by atoms with Crippen molar-refractivity contribution in [2.24, 2.45) is 17.8 Å². The lowest BCUT2D eigenvalue weighted by molar-refractivity contribution is -0.150. The van der Waals surface area contributed by atoms with Crippen molar-refractivity contribution in [1.82, 2.24) is 5.32 Å². The number of nitrogens with zero attached hydrogens (tertiary/aromatic N) is 1. The number of fused-ring (bicyclic) bond motifs is 1. The first-order valence-electron chi connectivity index (χ1n) is 13.0. The predicted molar refractivity (Wildman–Crippen MR) is 140 cm³/mol. The molecule has 2 amide bonds. The third kappa shape index (κ3) is 4.53. The smallest absolute Gasteiger partial charge is 0.324 e. The molecule has 0 aromatic heterocycles. The molecule has 1 aliphatic carbocycles. The molecule has 2 aliphatic heterocycles. The molecule has 3 aliphatic rings. The number of aliphatic carboxylic acids is 1. The molecule has 2 N–H and O–H groups in total. The highest BCUT2D eigenvalue weighted by Crippen LogP contribution is 2.48. The number of carboxylic acids is 1. The van der Waals surface area contributed by atoms with Crippen LogP contribution in [0.1, 0.15) is 61.4 Å². The lowest BCUT2D eigenvalue weighted by Gasteiger charge is -2.35. The molecule has 0 spiro atoms. The zero-order valence-corrected chi connectivity index (χ0v) is 20.9. The van der Waals surface area contributed by atoms with Crippen molar-refractivity contribution in [2.75, 3.05) is 4.90 Å². The van der Waals surface area contributed by atoms with E-state index in [-0.39, 0.29) is 11.7 Å². The average Bonchev–Trinajstić information content (AvgIpc) is 3.37. The Bertz CT molecular complexity index is 1230. The van der Waals surface area contributed by atoms with Gasteiger partial charge in [0.2, 0.25) is 11.8 Å². The fraction of sp³-hybridized carbons (Fsp3) is 0.400. The number of imide groups is 1. The molecule has 192 valence electrons. The molecule has 0 radical (unpaired) electrons. The largest absolute Gasteiger partial charge is 0.480 e. The summed E-state index contributed by atoms with van der Waals surface area (Å²) in [5.41, 5.74) is 0.233. The Labute approximate surface area is 216 Å². The number of rotatable bonds is 7. The van der Waals surface area contributed by atoms with Gasteiger partial charge in [-0.05, 0) is 49.1 Å². The fourth-order valence-electron chi connectivity index (χ4n) is 6.41. The Balaban J connectivity index is 1.54. The summed E-state index contributed by atoms with van der Waals surface area (Å²) in [5, 5.41) is 13.9. The number of Topliss-reactive ketones (excluding diaryl/α,β-unsaturated/α-hetero) is 1. The van der Waals surface area contributed by atoms with E-state index < -0.39 is 41.2 Å². The molecule has 5 rings (SSSR count). The molecule has 1 saturated carbocycles. The van der Waals surface area contributed by atoms with Gasteiger partial charge >= 0.3 is 5.97 Å². The van der Waals surface area contributed by atoms with E-state index in [0.717, 1.165) is 42.6 Å². The summed E-state index contributed by atoms with van der Waals surface area (Å²) in [5.74, 6) is -3.77. The van der Waals surface area contributed by atoms with Gasteiger partial charge in [0.15, 0.2) is 5.78 Å². The van der Waals surface area contributed by atoms with Crippen LogP contribution in [-0.2, 0) is 14.4 Å². The highest BCUT2D eigenvalue weighted by atomic mass is 16.4. The van der Waals surface area contributed by atoms with Crippen LogP contribution in [0.5, 0.6) is 0 Å². The Morgan fingerprint density at radius 2 is 1.68 bits per heavy atom. The number of hydrogen-bond acceptors (Lipinski definition) is 5. The van der Waals surface area contributed by atoms with Crippen LogP contribution in [-0.4, -0.2) is 40.3 Å². The lowest BCUT2D eigenvalue weighted by atomic mass is 9.72. The van der Waals surface area contributed by atoms with E-state index in [1.54, 1.807) is 24.3 Å². The Morgan fingerprint density at radius 1 is 1.00 bits per heavy atom. The summed E-state index contributed by atoms with van der Waals surface area (Å²) in [6.45, 7) is 1.45. The number of benzene rings is 2. The molecule has 2 aromatic rings. The summed E-state index contributed by atoms with van der Waals surface area (Å²) < 4.78 is 0. The molecule has 2 saturated heterocycles. The van der Waals surface area contributed by atoms with Gasteiger partial charge in [0.05, 0.1) is 17.5 Å². The van der Waals surface area contributed by atoms with Crippen LogP contribution < -0.4 is 10.2 Å². The number of ketones is 1. The second-order valence-electron chi connectivity index (χ2n) is 10.5. The number of carbonyl (C=O) groups is 4. The highest BCUT2D eigenvalue weighted by Gasteiger charge is 2.68. The molecule has 2 aromatic carbocycles. The van der Waals surface area contributed by atoms with Gasteiger partial charge in [0, 0.05) is 11.6 Å². The topological polar surface area (TPSA) is 104 Å². The number of nitrogens with one attached hydrogen (secondary N) is 1. The van der Waals surface area contributed by atoms with E-state index in [1.165, 1.54) is 6.92 Å². The number of carboxylic acid groups (broad SMARTS) is 1. The summed E-state index contributed by atoms with van der Waals surface area (Å²) in [4.78, 5) is 53.5. The minimum Gasteiger partial charge on any atom is -0.480 e. The Hall–Kier alpha value is -3.58. The Morgan fingerprint density at radius 3 is 2.30 bits per heavy atom. The van der Waals surface area contributed by atoms with Gasteiger partial charge in [-0.1, -0.05) is 74.6 Å². The third-order valence-electron chi connectivity index (χ3n) is 8.24. The number of carbonyl (C=O) groups excluding carboxylic acids is 3. The lowest BCUT2D eigenvalue weighted by Crippen LogP contribution is -2.57. The first-order valence-corrected chi connectivity index (χ1v) is 13.0. The van der Waals surface area contributed by atoms with Gasteiger partial charge in [0.25, 0.3) is 0 Å². The van der Waals surface area contributed by atoms with Crippen LogP contribution in [0.25, 0.3) is 6.08 Å². The second kappa shape index (κ2) is 10.1. The first kappa shape index (κ1) is 25.1. The van der Waals surface area contributed by atoms with Crippen LogP contribution in [0.15, 0.2) is 60.7 Å².